The van der Waals surface area contributed by atoms with Crippen molar-refractivity contribution in [2.45, 2.75) is 18.7 Å². The average Bonchev–Trinajstić information content (AvgIpc) is 2.67. The highest BCUT2D eigenvalue weighted by atomic mass is 32.2. The molecule has 3 rings (SSSR count). The Hall–Kier alpha value is -3.20. The van der Waals surface area contributed by atoms with Crippen molar-refractivity contribution < 1.29 is 4.79 Å². The van der Waals surface area contributed by atoms with Gasteiger partial charge < -0.3 is 0 Å². The number of carbonyl (C=O) groups is 1. The van der Waals surface area contributed by atoms with Gasteiger partial charge in [0, 0.05) is 34.1 Å². The van der Waals surface area contributed by atoms with Crippen LogP contribution in [0.2, 0.25) is 0 Å². The van der Waals surface area contributed by atoms with Gasteiger partial charge in [-0.05, 0) is 67.6 Å². The van der Waals surface area contributed by atoms with E-state index in [0.717, 1.165) is 27.1 Å². The molecule has 0 heterocycles. The predicted octanol–water partition coefficient (Wildman–Crippen LogP) is 5.43. The second-order valence-electron chi connectivity index (χ2n) is 6.06. The Morgan fingerprint density at radius 3 is 1.33 bits per heavy atom. The van der Waals surface area contributed by atoms with Crippen LogP contribution in [0.3, 0.4) is 0 Å². The van der Waals surface area contributed by atoms with Crippen molar-refractivity contribution in [2.24, 2.45) is 0 Å². The van der Waals surface area contributed by atoms with E-state index in [1.54, 1.807) is 6.92 Å². The van der Waals surface area contributed by atoms with E-state index < -0.39 is 0 Å². The number of aryl methyl sites for hydroxylation is 1. The molecule has 0 N–H and O–H groups in total. The zero-order chi connectivity index (χ0) is 19.1. The molecule has 0 amide bonds. The third kappa shape index (κ3) is 5.93. The number of carbonyl (C=O) groups excluding carboxylic acids is 1. The molecule has 0 aliphatic rings. The first-order valence-corrected chi connectivity index (χ1v) is 9.39. The molecule has 2 heteroatoms. The van der Waals surface area contributed by atoms with E-state index in [0.29, 0.717) is 0 Å². The van der Waals surface area contributed by atoms with Gasteiger partial charge in [0.2, 0.25) is 0 Å². The zero-order valence-electron chi connectivity index (χ0n) is 15.2. The van der Waals surface area contributed by atoms with Crippen molar-refractivity contribution in [1.29, 1.82) is 0 Å². The van der Waals surface area contributed by atoms with Gasteiger partial charge in [0.05, 0.1) is 0 Å². The Labute approximate surface area is 164 Å². The third-order valence-corrected chi connectivity index (χ3v) is 4.55. The topological polar surface area (TPSA) is 17.1 Å². The summed E-state index contributed by atoms with van der Waals surface area (Å²) in [7, 11) is 0. The Morgan fingerprint density at radius 2 is 0.963 bits per heavy atom. The van der Waals surface area contributed by atoms with E-state index in [4.69, 9.17) is 0 Å². The van der Waals surface area contributed by atoms with E-state index in [-0.39, 0.29) is 5.12 Å². The van der Waals surface area contributed by atoms with Crippen LogP contribution in [-0.2, 0) is 4.79 Å². The maximum absolute atomic E-state index is 11.1. The maximum atomic E-state index is 11.1. The second-order valence-corrected chi connectivity index (χ2v) is 7.31. The summed E-state index contributed by atoms with van der Waals surface area (Å²) in [6.07, 6.45) is 0. The highest BCUT2D eigenvalue weighted by Gasteiger charge is 1.97. The SMILES string of the molecule is CC(=O)Sc1ccc(C#Cc2ccc(C#Cc3ccc(C)cc3)cc2)cc1. The summed E-state index contributed by atoms with van der Waals surface area (Å²) in [6.45, 7) is 3.63. The fourth-order valence-corrected chi connectivity index (χ4v) is 2.94. The lowest BCUT2D eigenvalue weighted by atomic mass is 10.1. The number of hydrogen-bond donors (Lipinski definition) is 0. The maximum Gasteiger partial charge on any atom is 0.190 e. The average molecular weight is 366 g/mol. The smallest absolute Gasteiger partial charge is 0.190 e. The quantitative estimate of drug-likeness (QED) is 0.422. The molecule has 0 aliphatic carbocycles. The molecule has 0 aliphatic heterocycles. The Balaban J connectivity index is 1.67. The first-order valence-electron chi connectivity index (χ1n) is 8.58. The van der Waals surface area contributed by atoms with Gasteiger partial charge in [-0.3, -0.25) is 4.79 Å². The molecule has 130 valence electrons. The molecule has 1 nitrogen and oxygen atoms in total. The van der Waals surface area contributed by atoms with Crippen molar-refractivity contribution in [1.82, 2.24) is 0 Å². The van der Waals surface area contributed by atoms with Crippen LogP contribution in [-0.4, -0.2) is 5.12 Å². The van der Waals surface area contributed by atoms with Gasteiger partial charge in [0.15, 0.2) is 5.12 Å². The molecule has 0 atom stereocenters. The summed E-state index contributed by atoms with van der Waals surface area (Å²) in [6, 6.07) is 23.8. The van der Waals surface area contributed by atoms with Crippen LogP contribution >= 0.6 is 11.8 Å². The lowest BCUT2D eigenvalue weighted by molar-refractivity contribution is -0.109. The molecular formula is C25H18OS. The number of thioether (sulfide) groups is 1. The van der Waals surface area contributed by atoms with E-state index in [1.807, 2.05) is 60.7 Å². The summed E-state index contributed by atoms with van der Waals surface area (Å²) in [5, 5.41) is 0.0828. The molecule has 0 bridgehead atoms. The highest BCUT2D eigenvalue weighted by molar-refractivity contribution is 8.13. The van der Waals surface area contributed by atoms with Gasteiger partial charge in [-0.2, -0.15) is 0 Å². The van der Waals surface area contributed by atoms with Crippen molar-refractivity contribution >= 4 is 16.9 Å². The minimum Gasteiger partial charge on any atom is -0.287 e. The Kier molecular flexibility index (Phi) is 6.16. The van der Waals surface area contributed by atoms with E-state index in [2.05, 4.69) is 42.7 Å². The van der Waals surface area contributed by atoms with Crippen molar-refractivity contribution in [2.75, 3.05) is 0 Å². The van der Waals surface area contributed by atoms with Gasteiger partial charge in [0.1, 0.15) is 0 Å². The van der Waals surface area contributed by atoms with Crippen molar-refractivity contribution in [3.63, 3.8) is 0 Å². The molecule has 0 radical (unpaired) electrons. The van der Waals surface area contributed by atoms with Crippen LogP contribution in [0.1, 0.15) is 34.7 Å². The van der Waals surface area contributed by atoms with Gasteiger partial charge in [-0.15, -0.1) is 0 Å². The fraction of sp³-hybridized carbons (Fsp3) is 0.0800. The highest BCUT2D eigenvalue weighted by Crippen LogP contribution is 2.18. The van der Waals surface area contributed by atoms with Crippen molar-refractivity contribution in [3.05, 3.63) is 101 Å². The lowest BCUT2D eigenvalue weighted by Gasteiger charge is -1.97. The molecule has 0 saturated heterocycles. The normalized spacial score (nSPS) is 9.56. The first-order chi connectivity index (χ1) is 13.1. The predicted molar refractivity (Wildman–Crippen MR) is 113 cm³/mol. The lowest BCUT2D eigenvalue weighted by Crippen LogP contribution is -1.82. The molecule has 0 unspecified atom stereocenters. The molecule has 3 aromatic rings. The molecule has 0 saturated carbocycles. The van der Waals surface area contributed by atoms with E-state index >= 15 is 0 Å². The number of benzene rings is 3. The number of rotatable bonds is 1. The minimum atomic E-state index is 0.0828. The summed E-state index contributed by atoms with van der Waals surface area (Å²) in [5.41, 5.74) is 5.07. The summed E-state index contributed by atoms with van der Waals surface area (Å²) in [5.74, 6) is 12.6. The number of hydrogen-bond acceptors (Lipinski definition) is 2. The molecule has 0 spiro atoms. The first kappa shape index (κ1) is 18.6. The molecule has 0 aromatic heterocycles. The zero-order valence-corrected chi connectivity index (χ0v) is 16.1. The van der Waals surface area contributed by atoms with Crippen LogP contribution in [0.25, 0.3) is 0 Å². The third-order valence-electron chi connectivity index (χ3n) is 3.75. The largest absolute Gasteiger partial charge is 0.287 e. The van der Waals surface area contributed by atoms with E-state index in [1.165, 1.54) is 17.3 Å². The monoisotopic (exact) mass is 366 g/mol. The summed E-state index contributed by atoms with van der Waals surface area (Å²) in [4.78, 5) is 12.0. The van der Waals surface area contributed by atoms with Crippen molar-refractivity contribution in [3.8, 4) is 23.7 Å². The van der Waals surface area contributed by atoms with Gasteiger partial charge in [0.25, 0.3) is 0 Å². The molecule has 3 aromatic carbocycles. The van der Waals surface area contributed by atoms with Crippen LogP contribution in [0.5, 0.6) is 0 Å². The second kappa shape index (κ2) is 8.95. The van der Waals surface area contributed by atoms with Crippen LogP contribution < -0.4 is 0 Å². The fourth-order valence-electron chi connectivity index (χ4n) is 2.33. The molecule has 27 heavy (non-hydrogen) atoms. The summed E-state index contributed by atoms with van der Waals surface area (Å²) >= 11 is 1.23. The Bertz CT molecular complexity index is 1050. The standard InChI is InChI=1S/C25H18OS/c1-19-3-5-21(6-4-19)7-8-22-9-11-23(12-10-22)13-14-24-15-17-25(18-16-24)27-20(2)26/h3-6,9-12,15-18H,1-2H3. The van der Waals surface area contributed by atoms with Crippen LogP contribution in [0, 0.1) is 30.6 Å². The van der Waals surface area contributed by atoms with E-state index in [9.17, 15) is 4.79 Å². The van der Waals surface area contributed by atoms with Gasteiger partial charge >= 0.3 is 0 Å². The van der Waals surface area contributed by atoms with Crippen LogP contribution in [0.15, 0.2) is 77.7 Å². The summed E-state index contributed by atoms with van der Waals surface area (Å²) < 4.78 is 0. The van der Waals surface area contributed by atoms with Crippen LogP contribution in [0.4, 0.5) is 0 Å². The molecular weight excluding hydrogens is 348 g/mol. The molecule has 0 fully saturated rings. The van der Waals surface area contributed by atoms with Gasteiger partial charge in [-0.1, -0.05) is 53.1 Å². The Morgan fingerprint density at radius 1 is 0.630 bits per heavy atom. The minimum absolute atomic E-state index is 0.0828. The van der Waals surface area contributed by atoms with Gasteiger partial charge in [-0.25, -0.2) is 0 Å².